The summed E-state index contributed by atoms with van der Waals surface area (Å²) in [6.45, 7) is -0.497. The second-order valence-corrected chi connectivity index (χ2v) is 7.68. The molecule has 0 saturated carbocycles. The normalized spacial score (nSPS) is 11.1. The number of hydrogen-bond donors (Lipinski definition) is 1. The van der Waals surface area contributed by atoms with E-state index in [1.165, 1.54) is 63.8 Å². The standard InChI is InChI=1S/C17H19N3O6S/c1-20(2)27(23,24)14-7-5-13(6-8-14)19-15(21)11-26-17(22)12-4-9-16(25-3)18-10-12/h4-10H,11H2,1-3H3,(H,19,21). The number of anilines is 1. The molecule has 1 amide bonds. The van der Waals surface area contributed by atoms with Crippen molar-refractivity contribution in [2.45, 2.75) is 4.90 Å². The minimum Gasteiger partial charge on any atom is -0.481 e. The summed E-state index contributed by atoms with van der Waals surface area (Å²) in [6.07, 6.45) is 1.28. The first kappa shape index (κ1) is 20.3. The van der Waals surface area contributed by atoms with Crippen LogP contribution in [-0.2, 0) is 19.6 Å². The number of nitrogens with zero attached hydrogens (tertiary/aromatic N) is 2. The Balaban J connectivity index is 1.90. The molecule has 10 heteroatoms. The van der Waals surface area contributed by atoms with Crippen LogP contribution in [0.2, 0.25) is 0 Å². The summed E-state index contributed by atoms with van der Waals surface area (Å²) in [7, 11) is 0.765. The molecule has 0 saturated heterocycles. The van der Waals surface area contributed by atoms with Crippen LogP contribution in [0.25, 0.3) is 0 Å². The van der Waals surface area contributed by atoms with E-state index in [-0.39, 0.29) is 10.5 Å². The molecule has 0 fully saturated rings. The minimum atomic E-state index is -3.54. The van der Waals surface area contributed by atoms with E-state index >= 15 is 0 Å². The van der Waals surface area contributed by atoms with Crippen molar-refractivity contribution in [1.82, 2.24) is 9.29 Å². The maximum absolute atomic E-state index is 12.0. The molecule has 1 aromatic heterocycles. The Kier molecular flexibility index (Phi) is 6.48. The molecule has 2 rings (SSSR count). The first-order chi connectivity index (χ1) is 12.7. The third-order valence-electron chi connectivity index (χ3n) is 3.43. The molecule has 0 aliphatic heterocycles. The fraction of sp³-hybridized carbons (Fsp3) is 0.235. The lowest BCUT2D eigenvalue weighted by Gasteiger charge is -2.12. The van der Waals surface area contributed by atoms with Crippen LogP contribution in [0.3, 0.4) is 0 Å². The van der Waals surface area contributed by atoms with Gasteiger partial charge in [0.25, 0.3) is 5.91 Å². The molecular formula is C17H19N3O6S. The Morgan fingerprint density at radius 2 is 1.78 bits per heavy atom. The van der Waals surface area contributed by atoms with E-state index in [0.717, 1.165) is 4.31 Å². The number of benzene rings is 1. The maximum atomic E-state index is 12.0. The third kappa shape index (κ3) is 5.25. The molecule has 0 unspecified atom stereocenters. The number of ether oxygens (including phenoxy) is 2. The Morgan fingerprint density at radius 1 is 1.11 bits per heavy atom. The fourth-order valence-corrected chi connectivity index (χ4v) is 2.86. The van der Waals surface area contributed by atoms with Gasteiger partial charge in [-0.25, -0.2) is 22.5 Å². The van der Waals surface area contributed by atoms with Gasteiger partial charge in [0, 0.05) is 32.0 Å². The lowest BCUT2D eigenvalue weighted by Crippen LogP contribution is -2.22. The molecule has 1 aromatic carbocycles. The first-order valence-electron chi connectivity index (χ1n) is 7.73. The van der Waals surface area contributed by atoms with Crippen LogP contribution in [0, 0.1) is 0 Å². The second-order valence-electron chi connectivity index (χ2n) is 5.53. The van der Waals surface area contributed by atoms with E-state index in [2.05, 4.69) is 10.3 Å². The van der Waals surface area contributed by atoms with Crippen LogP contribution in [0.4, 0.5) is 5.69 Å². The summed E-state index contributed by atoms with van der Waals surface area (Å²) >= 11 is 0. The van der Waals surface area contributed by atoms with Crippen LogP contribution in [0.5, 0.6) is 5.88 Å². The predicted octanol–water partition coefficient (Wildman–Crippen LogP) is 1.14. The van der Waals surface area contributed by atoms with Gasteiger partial charge in [0.2, 0.25) is 15.9 Å². The average molecular weight is 393 g/mol. The van der Waals surface area contributed by atoms with Gasteiger partial charge in [0.1, 0.15) is 0 Å². The van der Waals surface area contributed by atoms with E-state index in [1.54, 1.807) is 0 Å². The summed E-state index contributed by atoms with van der Waals surface area (Å²) in [4.78, 5) is 27.7. The van der Waals surface area contributed by atoms with Gasteiger partial charge in [0.05, 0.1) is 17.6 Å². The Morgan fingerprint density at radius 3 is 2.30 bits per heavy atom. The number of carbonyl (C=O) groups is 2. The van der Waals surface area contributed by atoms with Crippen LogP contribution < -0.4 is 10.1 Å². The van der Waals surface area contributed by atoms with E-state index in [4.69, 9.17) is 9.47 Å². The third-order valence-corrected chi connectivity index (χ3v) is 5.26. The number of aromatic nitrogens is 1. The smallest absolute Gasteiger partial charge is 0.340 e. The van der Waals surface area contributed by atoms with Crippen molar-refractivity contribution >= 4 is 27.6 Å². The molecule has 0 radical (unpaired) electrons. The molecule has 9 nitrogen and oxygen atoms in total. The number of hydrogen-bond acceptors (Lipinski definition) is 7. The largest absolute Gasteiger partial charge is 0.481 e. The summed E-state index contributed by atoms with van der Waals surface area (Å²) in [5, 5.41) is 2.51. The van der Waals surface area contributed by atoms with Crippen LogP contribution >= 0.6 is 0 Å². The number of methoxy groups -OCH3 is 1. The molecule has 0 spiro atoms. The van der Waals surface area contributed by atoms with Gasteiger partial charge < -0.3 is 14.8 Å². The number of nitrogens with one attached hydrogen (secondary N) is 1. The number of rotatable bonds is 7. The summed E-state index contributed by atoms with van der Waals surface area (Å²) < 4.78 is 34.9. The SMILES string of the molecule is COc1ccc(C(=O)OCC(=O)Nc2ccc(S(=O)(=O)N(C)C)cc2)cn1. The Labute approximate surface area is 157 Å². The number of carbonyl (C=O) groups excluding carboxylic acids is 2. The van der Waals surface area contributed by atoms with Crippen molar-refractivity contribution < 1.29 is 27.5 Å². The highest BCUT2D eigenvalue weighted by Crippen LogP contribution is 2.16. The molecule has 0 bridgehead atoms. The van der Waals surface area contributed by atoms with Gasteiger partial charge in [-0.1, -0.05) is 0 Å². The van der Waals surface area contributed by atoms with E-state index in [0.29, 0.717) is 11.6 Å². The monoisotopic (exact) mass is 393 g/mol. The fourth-order valence-electron chi connectivity index (χ4n) is 1.95. The number of esters is 1. The van der Waals surface area contributed by atoms with Gasteiger partial charge in [-0.05, 0) is 30.3 Å². The van der Waals surface area contributed by atoms with Gasteiger partial charge in [0.15, 0.2) is 6.61 Å². The van der Waals surface area contributed by atoms with Crippen LogP contribution in [0.15, 0.2) is 47.5 Å². The molecule has 144 valence electrons. The molecule has 27 heavy (non-hydrogen) atoms. The number of pyridine rings is 1. The number of amides is 1. The molecule has 2 aromatic rings. The molecule has 0 aliphatic carbocycles. The van der Waals surface area contributed by atoms with Crippen molar-refractivity contribution in [2.75, 3.05) is 33.1 Å². The minimum absolute atomic E-state index is 0.101. The van der Waals surface area contributed by atoms with Crippen molar-refractivity contribution in [3.63, 3.8) is 0 Å². The van der Waals surface area contributed by atoms with Gasteiger partial charge >= 0.3 is 5.97 Å². The van der Waals surface area contributed by atoms with E-state index < -0.39 is 28.5 Å². The van der Waals surface area contributed by atoms with Gasteiger partial charge in [-0.3, -0.25) is 4.79 Å². The van der Waals surface area contributed by atoms with Crippen molar-refractivity contribution in [3.05, 3.63) is 48.2 Å². The summed E-state index contributed by atoms with van der Waals surface area (Å²) in [5.74, 6) is -0.912. The van der Waals surface area contributed by atoms with Crippen molar-refractivity contribution in [1.29, 1.82) is 0 Å². The molecular weight excluding hydrogens is 374 g/mol. The highest BCUT2D eigenvalue weighted by atomic mass is 32.2. The lowest BCUT2D eigenvalue weighted by atomic mass is 10.3. The quantitative estimate of drug-likeness (QED) is 0.701. The zero-order valence-electron chi connectivity index (χ0n) is 15.0. The Bertz CT molecular complexity index is 909. The lowest BCUT2D eigenvalue weighted by molar-refractivity contribution is -0.119. The maximum Gasteiger partial charge on any atom is 0.340 e. The summed E-state index contributed by atoms with van der Waals surface area (Å²) in [6, 6.07) is 8.61. The predicted molar refractivity (Wildman–Crippen MR) is 97.0 cm³/mol. The molecule has 1 heterocycles. The highest BCUT2D eigenvalue weighted by molar-refractivity contribution is 7.89. The molecule has 1 N–H and O–H groups in total. The average Bonchev–Trinajstić information content (AvgIpc) is 2.66. The second kappa shape index (κ2) is 8.60. The summed E-state index contributed by atoms with van der Waals surface area (Å²) in [5.41, 5.74) is 0.557. The zero-order valence-corrected chi connectivity index (χ0v) is 15.8. The van der Waals surface area contributed by atoms with Gasteiger partial charge in [-0.15, -0.1) is 0 Å². The molecule has 0 aliphatic rings. The van der Waals surface area contributed by atoms with E-state index in [1.807, 2.05) is 0 Å². The van der Waals surface area contributed by atoms with Crippen LogP contribution in [0.1, 0.15) is 10.4 Å². The number of sulfonamides is 1. The van der Waals surface area contributed by atoms with Gasteiger partial charge in [-0.2, -0.15) is 0 Å². The van der Waals surface area contributed by atoms with Crippen molar-refractivity contribution in [3.8, 4) is 5.88 Å². The van der Waals surface area contributed by atoms with Crippen LogP contribution in [-0.4, -0.2) is 57.4 Å². The van der Waals surface area contributed by atoms with E-state index in [9.17, 15) is 18.0 Å². The first-order valence-corrected chi connectivity index (χ1v) is 9.17. The molecule has 0 atom stereocenters. The topological polar surface area (TPSA) is 115 Å². The Hall–Kier alpha value is -2.98. The van der Waals surface area contributed by atoms with Crippen molar-refractivity contribution in [2.24, 2.45) is 0 Å². The zero-order chi connectivity index (χ0) is 20.0. The highest BCUT2D eigenvalue weighted by Gasteiger charge is 2.17.